The zero-order chi connectivity index (χ0) is 10.1. The molecule has 0 aliphatic carbocycles. The van der Waals surface area contributed by atoms with E-state index < -0.39 is 8.07 Å². The van der Waals surface area contributed by atoms with Gasteiger partial charge in [0.25, 0.3) is 0 Å². The van der Waals surface area contributed by atoms with Crippen molar-refractivity contribution in [2.45, 2.75) is 43.6 Å². The minimum Gasteiger partial charge on any atom is -0.147 e. The van der Waals surface area contributed by atoms with E-state index >= 15 is 0 Å². The highest BCUT2D eigenvalue weighted by atomic mass is 32.2. The van der Waals surface area contributed by atoms with Crippen LogP contribution in [0.4, 0.5) is 0 Å². The van der Waals surface area contributed by atoms with Gasteiger partial charge in [0.15, 0.2) is 0 Å². The number of hydrogen-bond acceptors (Lipinski definition) is 2. The van der Waals surface area contributed by atoms with Gasteiger partial charge in [0, 0.05) is 0 Å². The van der Waals surface area contributed by atoms with E-state index in [0.717, 1.165) is 5.92 Å². The lowest BCUT2D eigenvalue weighted by Gasteiger charge is -2.48. The van der Waals surface area contributed by atoms with E-state index in [9.17, 15) is 0 Å². The third kappa shape index (κ3) is 2.29. The van der Waals surface area contributed by atoms with Crippen LogP contribution in [0.15, 0.2) is 0 Å². The quantitative estimate of drug-likeness (QED) is 0.660. The molecule has 0 N–H and O–H groups in total. The van der Waals surface area contributed by atoms with Gasteiger partial charge in [-0.25, -0.2) is 0 Å². The largest absolute Gasteiger partial charge is 0.147 e. The van der Waals surface area contributed by atoms with E-state index in [1.165, 1.54) is 17.9 Å². The molecule has 78 valence electrons. The molecule has 0 unspecified atom stereocenters. The molecular formula is C10H22S2Si. The zero-order valence-corrected chi connectivity index (χ0v) is 12.1. The fourth-order valence-corrected chi connectivity index (χ4v) is 10.9. The second-order valence-corrected chi connectivity index (χ2v) is 14.1. The van der Waals surface area contributed by atoms with Crippen LogP contribution in [0, 0.1) is 5.92 Å². The van der Waals surface area contributed by atoms with Crippen LogP contribution in [0.3, 0.4) is 0 Å². The van der Waals surface area contributed by atoms with Crippen molar-refractivity contribution in [1.29, 1.82) is 0 Å². The summed E-state index contributed by atoms with van der Waals surface area (Å²) in [6.45, 7) is 12.4. The first-order valence-corrected chi connectivity index (χ1v) is 10.7. The summed E-state index contributed by atoms with van der Waals surface area (Å²) >= 11 is 4.50. The van der Waals surface area contributed by atoms with E-state index in [4.69, 9.17) is 0 Å². The molecule has 0 atom stereocenters. The van der Waals surface area contributed by atoms with E-state index in [0.29, 0.717) is 3.70 Å². The van der Waals surface area contributed by atoms with Gasteiger partial charge >= 0.3 is 0 Å². The summed E-state index contributed by atoms with van der Waals surface area (Å²) in [5, 5.41) is 0. The normalized spacial score (nSPS) is 23.5. The van der Waals surface area contributed by atoms with Crippen LogP contribution in [0.1, 0.15) is 20.3 Å². The molecule has 13 heavy (non-hydrogen) atoms. The molecule has 1 heterocycles. The molecule has 1 saturated heterocycles. The lowest BCUT2D eigenvalue weighted by molar-refractivity contribution is 0.662. The molecule has 0 aromatic heterocycles. The SMILES string of the molecule is CC(C)C1([Si](C)(C)C)SCCCS1. The molecular weight excluding hydrogens is 212 g/mol. The zero-order valence-electron chi connectivity index (χ0n) is 9.52. The Kier molecular flexibility index (Phi) is 3.87. The average Bonchev–Trinajstić information content (AvgIpc) is 2.03. The maximum Gasteiger partial charge on any atom is 0.0755 e. The molecule has 1 rings (SSSR count). The third-order valence-corrected chi connectivity index (χ3v) is 13.4. The van der Waals surface area contributed by atoms with Crippen molar-refractivity contribution in [1.82, 2.24) is 0 Å². The summed E-state index contributed by atoms with van der Waals surface area (Å²) in [6, 6.07) is 0. The first kappa shape index (κ1) is 12.0. The second kappa shape index (κ2) is 4.19. The number of rotatable bonds is 2. The van der Waals surface area contributed by atoms with Crippen LogP contribution in [-0.4, -0.2) is 23.3 Å². The van der Waals surface area contributed by atoms with Gasteiger partial charge in [0.1, 0.15) is 0 Å². The van der Waals surface area contributed by atoms with Crippen LogP contribution in [0.2, 0.25) is 19.6 Å². The van der Waals surface area contributed by atoms with Crippen molar-refractivity contribution in [3.05, 3.63) is 0 Å². The average molecular weight is 235 g/mol. The van der Waals surface area contributed by atoms with Crippen molar-refractivity contribution in [3.8, 4) is 0 Å². The van der Waals surface area contributed by atoms with Crippen LogP contribution in [-0.2, 0) is 0 Å². The lowest BCUT2D eigenvalue weighted by atomic mass is 10.3. The van der Waals surface area contributed by atoms with Gasteiger partial charge in [-0.05, 0) is 23.8 Å². The van der Waals surface area contributed by atoms with Crippen LogP contribution < -0.4 is 0 Å². The Hall–Kier alpha value is 0.917. The predicted molar refractivity (Wildman–Crippen MR) is 70.4 cm³/mol. The lowest BCUT2D eigenvalue weighted by Crippen LogP contribution is -2.52. The first-order chi connectivity index (χ1) is 5.90. The Bertz CT molecular complexity index is 166. The molecule has 0 saturated carbocycles. The standard InChI is InChI=1S/C10H22S2Si/c1-9(2)10(13(3,4)5)11-7-6-8-12-10/h9H,6-8H2,1-5H3. The third-order valence-electron chi connectivity index (χ3n) is 2.73. The smallest absolute Gasteiger partial charge is 0.0755 e. The molecule has 0 nitrogen and oxygen atoms in total. The summed E-state index contributed by atoms with van der Waals surface area (Å²) < 4.78 is 0.589. The number of thioether (sulfide) groups is 2. The van der Waals surface area contributed by atoms with Crippen LogP contribution in [0.25, 0.3) is 0 Å². The summed E-state index contributed by atoms with van der Waals surface area (Å²) in [6.07, 6.45) is 1.41. The Morgan fingerprint density at radius 1 is 1.08 bits per heavy atom. The van der Waals surface area contributed by atoms with Crippen molar-refractivity contribution in [3.63, 3.8) is 0 Å². The molecule has 0 amide bonds. The molecule has 0 radical (unpaired) electrons. The van der Waals surface area contributed by atoms with E-state index in [2.05, 4.69) is 57.0 Å². The predicted octanol–water partition coefficient (Wildman–Crippen LogP) is 4.09. The minimum atomic E-state index is -1.04. The molecule has 1 fully saturated rings. The van der Waals surface area contributed by atoms with Crippen molar-refractivity contribution < 1.29 is 0 Å². The van der Waals surface area contributed by atoms with E-state index in [1.807, 2.05) is 0 Å². The van der Waals surface area contributed by atoms with Gasteiger partial charge < -0.3 is 0 Å². The number of hydrogen-bond donors (Lipinski definition) is 0. The highest BCUT2D eigenvalue weighted by Crippen LogP contribution is 2.52. The molecule has 0 aromatic carbocycles. The fourth-order valence-electron chi connectivity index (χ4n) is 2.18. The van der Waals surface area contributed by atoms with Crippen LogP contribution >= 0.6 is 23.5 Å². The molecule has 0 aromatic rings. The monoisotopic (exact) mass is 234 g/mol. The topological polar surface area (TPSA) is 0 Å². The Balaban J connectivity index is 2.86. The van der Waals surface area contributed by atoms with E-state index in [-0.39, 0.29) is 0 Å². The van der Waals surface area contributed by atoms with Gasteiger partial charge in [0.2, 0.25) is 0 Å². The molecule has 1 aliphatic rings. The molecule has 0 spiro atoms. The second-order valence-electron chi connectivity index (χ2n) is 5.12. The molecule has 1 aliphatic heterocycles. The summed E-state index contributed by atoms with van der Waals surface area (Å²) in [7, 11) is -1.04. The van der Waals surface area contributed by atoms with Gasteiger partial charge in [-0.2, -0.15) is 0 Å². The van der Waals surface area contributed by atoms with Gasteiger partial charge in [0.05, 0.1) is 11.8 Å². The summed E-state index contributed by atoms with van der Waals surface area (Å²) in [4.78, 5) is 0. The van der Waals surface area contributed by atoms with E-state index in [1.54, 1.807) is 0 Å². The van der Waals surface area contributed by atoms with Gasteiger partial charge in [-0.1, -0.05) is 33.5 Å². The highest BCUT2D eigenvalue weighted by molar-refractivity contribution is 8.21. The van der Waals surface area contributed by atoms with Gasteiger partial charge in [-0.15, -0.1) is 23.5 Å². The minimum absolute atomic E-state index is 0.589. The maximum atomic E-state index is 2.53. The van der Waals surface area contributed by atoms with Crippen molar-refractivity contribution in [2.24, 2.45) is 5.92 Å². The fraction of sp³-hybridized carbons (Fsp3) is 1.00. The summed E-state index contributed by atoms with van der Waals surface area (Å²) in [5.74, 6) is 3.60. The first-order valence-electron chi connectivity index (χ1n) is 5.18. The molecule has 0 bridgehead atoms. The Labute approximate surface area is 92.6 Å². The Morgan fingerprint density at radius 3 is 1.77 bits per heavy atom. The maximum absolute atomic E-state index is 2.53. The van der Waals surface area contributed by atoms with Crippen molar-refractivity contribution >= 4 is 31.6 Å². The van der Waals surface area contributed by atoms with Crippen LogP contribution in [0.5, 0.6) is 0 Å². The highest BCUT2D eigenvalue weighted by Gasteiger charge is 2.47. The van der Waals surface area contributed by atoms with Gasteiger partial charge in [-0.3, -0.25) is 0 Å². The van der Waals surface area contributed by atoms with Crippen molar-refractivity contribution in [2.75, 3.05) is 11.5 Å². The summed E-state index contributed by atoms with van der Waals surface area (Å²) in [5.41, 5.74) is 0. The molecule has 3 heteroatoms. The Morgan fingerprint density at radius 2 is 1.54 bits per heavy atom.